The molecule has 0 spiro atoms. The highest BCUT2D eigenvalue weighted by Gasteiger charge is 2.12. The van der Waals surface area contributed by atoms with Crippen LogP contribution in [0.4, 0.5) is 0 Å². The molecule has 0 unspecified atom stereocenters. The lowest BCUT2D eigenvalue weighted by Crippen LogP contribution is -2.40. The van der Waals surface area contributed by atoms with E-state index < -0.39 is 0 Å². The highest BCUT2D eigenvalue weighted by Crippen LogP contribution is 2.18. The monoisotopic (exact) mass is 571 g/mol. The van der Waals surface area contributed by atoms with Crippen molar-refractivity contribution in [2.24, 2.45) is 4.99 Å². The summed E-state index contributed by atoms with van der Waals surface area (Å²) in [5, 5.41) is 11.7. The Morgan fingerprint density at radius 2 is 2.03 bits per heavy atom. The minimum absolute atomic E-state index is 0. The number of hydrogen-bond acceptors (Lipinski definition) is 6. The maximum atomic E-state index is 5.53. The number of aliphatic imine (C=N–C) groups is 1. The fourth-order valence-electron chi connectivity index (χ4n) is 3.81. The molecule has 3 rings (SSSR count). The normalized spacial score (nSPS) is 14.6. The maximum absolute atomic E-state index is 5.53. The number of nitrogens with zero attached hydrogens (tertiary/aromatic N) is 6. The molecule has 1 aliphatic rings. The Kier molecular flexibility index (Phi) is 12.5. The summed E-state index contributed by atoms with van der Waals surface area (Å²) in [4.78, 5) is 9.51. The van der Waals surface area contributed by atoms with Crippen LogP contribution in [0.2, 0.25) is 0 Å². The number of nitrogens with one attached hydrogen (secondary N) is 1. The summed E-state index contributed by atoms with van der Waals surface area (Å²) < 4.78 is 13.0. The fraction of sp³-hybridized carbons (Fsp3) is 0.609. The van der Waals surface area contributed by atoms with Crippen LogP contribution in [0.5, 0.6) is 5.75 Å². The molecule has 0 aliphatic carbocycles. The van der Waals surface area contributed by atoms with E-state index in [0.717, 1.165) is 88.4 Å². The second-order valence-electron chi connectivity index (χ2n) is 7.90. The zero-order chi connectivity index (χ0) is 22.6. The number of halogens is 1. The summed E-state index contributed by atoms with van der Waals surface area (Å²) in [5.74, 6) is 2.78. The van der Waals surface area contributed by atoms with E-state index in [1.165, 1.54) is 0 Å². The van der Waals surface area contributed by atoms with E-state index in [4.69, 9.17) is 14.5 Å². The van der Waals surface area contributed by atoms with Crippen LogP contribution in [0.15, 0.2) is 35.6 Å². The van der Waals surface area contributed by atoms with Crippen LogP contribution in [-0.2, 0) is 24.2 Å². The smallest absolute Gasteiger partial charge is 0.194 e. The molecule has 1 N–H and O–H groups in total. The third-order valence-corrected chi connectivity index (χ3v) is 5.61. The van der Waals surface area contributed by atoms with Crippen molar-refractivity contribution in [3.05, 3.63) is 42.0 Å². The van der Waals surface area contributed by atoms with Gasteiger partial charge in [-0.05, 0) is 12.5 Å². The molecule has 1 aromatic heterocycles. The zero-order valence-corrected chi connectivity index (χ0v) is 22.4. The van der Waals surface area contributed by atoms with E-state index in [9.17, 15) is 0 Å². The molecule has 0 saturated carbocycles. The van der Waals surface area contributed by atoms with Crippen molar-refractivity contribution in [3.8, 4) is 5.75 Å². The predicted octanol–water partition coefficient (Wildman–Crippen LogP) is 2.27. The van der Waals surface area contributed by atoms with Crippen LogP contribution in [0.3, 0.4) is 0 Å². The number of rotatable bonds is 11. The molecule has 0 amide bonds. The summed E-state index contributed by atoms with van der Waals surface area (Å²) >= 11 is 0. The van der Waals surface area contributed by atoms with Crippen LogP contribution in [0.1, 0.15) is 24.7 Å². The van der Waals surface area contributed by atoms with Crippen molar-refractivity contribution >= 4 is 29.9 Å². The average Bonchev–Trinajstić information content (AvgIpc) is 3.29. The minimum Gasteiger partial charge on any atom is -0.496 e. The standard InChI is InChI=1S/C23H37N7O2.HI/c1-4-22-27-26-19-30(22)13-11-25-23(24-10-7-12-29-14-16-32-17-15-29)28(2)18-20-8-5-6-9-21(20)31-3;/h5-6,8-9,19H,4,7,10-18H2,1-3H3,(H,24,25);1H. The van der Waals surface area contributed by atoms with E-state index in [1.807, 2.05) is 18.2 Å². The van der Waals surface area contributed by atoms with Crippen LogP contribution in [-0.4, -0.2) is 90.6 Å². The van der Waals surface area contributed by atoms with Gasteiger partial charge in [-0.1, -0.05) is 25.1 Å². The van der Waals surface area contributed by atoms with Gasteiger partial charge in [-0.3, -0.25) is 9.89 Å². The Bertz CT molecular complexity index is 840. The second-order valence-corrected chi connectivity index (χ2v) is 7.90. The first-order valence-corrected chi connectivity index (χ1v) is 11.5. The summed E-state index contributed by atoms with van der Waals surface area (Å²) in [7, 11) is 3.78. The predicted molar refractivity (Wildman–Crippen MR) is 141 cm³/mol. The molecule has 10 heteroatoms. The number of aromatic nitrogens is 3. The molecule has 0 atom stereocenters. The third-order valence-electron chi connectivity index (χ3n) is 5.61. The van der Waals surface area contributed by atoms with Crippen molar-refractivity contribution in [1.29, 1.82) is 0 Å². The number of aryl methyl sites for hydroxylation is 1. The number of guanidine groups is 1. The molecule has 1 fully saturated rings. The molecule has 1 saturated heterocycles. The zero-order valence-electron chi connectivity index (χ0n) is 20.1. The number of para-hydroxylation sites is 1. The summed E-state index contributed by atoms with van der Waals surface area (Å²) in [5.41, 5.74) is 1.13. The number of ether oxygens (including phenoxy) is 2. The van der Waals surface area contributed by atoms with E-state index >= 15 is 0 Å². The summed E-state index contributed by atoms with van der Waals surface area (Å²) in [6, 6.07) is 8.12. The van der Waals surface area contributed by atoms with Crippen LogP contribution >= 0.6 is 24.0 Å². The Hall–Kier alpha value is -1.92. The average molecular weight is 572 g/mol. The molecule has 1 aromatic carbocycles. The lowest BCUT2D eigenvalue weighted by Gasteiger charge is -2.26. The highest BCUT2D eigenvalue weighted by molar-refractivity contribution is 14.0. The van der Waals surface area contributed by atoms with E-state index in [2.05, 4.69) is 49.9 Å². The van der Waals surface area contributed by atoms with Crippen molar-refractivity contribution in [1.82, 2.24) is 29.9 Å². The fourth-order valence-corrected chi connectivity index (χ4v) is 3.81. The topological polar surface area (TPSA) is 80.0 Å². The summed E-state index contributed by atoms with van der Waals surface area (Å²) in [6.07, 6.45) is 3.69. The molecule has 0 radical (unpaired) electrons. The van der Waals surface area contributed by atoms with E-state index in [-0.39, 0.29) is 24.0 Å². The third kappa shape index (κ3) is 8.74. The van der Waals surface area contributed by atoms with Gasteiger partial charge in [0.15, 0.2) is 5.96 Å². The van der Waals surface area contributed by atoms with Gasteiger partial charge in [-0.2, -0.15) is 0 Å². The number of benzene rings is 1. The molecule has 2 heterocycles. The highest BCUT2D eigenvalue weighted by atomic mass is 127. The Balaban J connectivity index is 0.00000385. The van der Waals surface area contributed by atoms with Crippen molar-refractivity contribution in [3.63, 3.8) is 0 Å². The van der Waals surface area contributed by atoms with Gasteiger partial charge in [-0.25, -0.2) is 0 Å². The van der Waals surface area contributed by atoms with Gasteiger partial charge < -0.3 is 24.3 Å². The number of hydrogen-bond donors (Lipinski definition) is 1. The van der Waals surface area contributed by atoms with Gasteiger partial charge in [0.05, 0.1) is 20.3 Å². The Morgan fingerprint density at radius 3 is 2.79 bits per heavy atom. The van der Waals surface area contributed by atoms with Gasteiger partial charge in [0.25, 0.3) is 0 Å². The first-order valence-electron chi connectivity index (χ1n) is 11.5. The molecular weight excluding hydrogens is 533 g/mol. The van der Waals surface area contributed by atoms with Crippen LogP contribution < -0.4 is 10.1 Å². The SMILES string of the molecule is CCc1nncn1CCNC(=NCCCN1CCOCC1)N(C)Cc1ccccc1OC.I. The van der Waals surface area contributed by atoms with Crippen LogP contribution in [0, 0.1) is 0 Å². The molecule has 2 aromatic rings. The first-order chi connectivity index (χ1) is 15.7. The van der Waals surface area contributed by atoms with Crippen molar-refractivity contribution in [2.75, 3.05) is 60.1 Å². The molecule has 184 valence electrons. The Labute approximate surface area is 214 Å². The molecule has 33 heavy (non-hydrogen) atoms. The van der Waals surface area contributed by atoms with Crippen molar-refractivity contribution < 1.29 is 9.47 Å². The van der Waals surface area contributed by atoms with Gasteiger partial charge in [-0.15, -0.1) is 34.2 Å². The van der Waals surface area contributed by atoms with Gasteiger partial charge in [0, 0.05) is 64.8 Å². The second kappa shape index (κ2) is 15.1. The Morgan fingerprint density at radius 1 is 1.24 bits per heavy atom. The van der Waals surface area contributed by atoms with Gasteiger partial charge >= 0.3 is 0 Å². The maximum Gasteiger partial charge on any atom is 0.194 e. The lowest BCUT2D eigenvalue weighted by molar-refractivity contribution is 0.0377. The van der Waals surface area contributed by atoms with Crippen LogP contribution in [0.25, 0.3) is 0 Å². The minimum atomic E-state index is 0. The quantitative estimate of drug-likeness (QED) is 0.192. The van der Waals surface area contributed by atoms with Gasteiger partial charge in [0.2, 0.25) is 0 Å². The molecule has 0 bridgehead atoms. The molecule has 9 nitrogen and oxygen atoms in total. The largest absolute Gasteiger partial charge is 0.496 e. The van der Waals surface area contributed by atoms with Gasteiger partial charge in [0.1, 0.15) is 17.9 Å². The molecule has 1 aliphatic heterocycles. The lowest BCUT2D eigenvalue weighted by atomic mass is 10.2. The van der Waals surface area contributed by atoms with E-state index in [0.29, 0.717) is 6.54 Å². The number of methoxy groups -OCH3 is 1. The first kappa shape index (κ1) is 27.3. The molecular formula is C23H38IN7O2. The number of morpholine rings is 1. The summed E-state index contributed by atoms with van der Waals surface area (Å²) in [6.45, 7) is 9.89. The van der Waals surface area contributed by atoms with E-state index in [1.54, 1.807) is 13.4 Å². The van der Waals surface area contributed by atoms with Crippen molar-refractivity contribution in [2.45, 2.75) is 32.9 Å².